The van der Waals surface area contributed by atoms with Crippen molar-refractivity contribution in [2.75, 3.05) is 32.7 Å². The normalized spacial score (nSPS) is 31.8. The number of piperazine rings is 1. The average Bonchev–Trinajstić information content (AvgIpc) is 2.46. The SMILES string of the molecule is CCNC(CN1CC2CCCCN2CC1C)C(C)CC. The van der Waals surface area contributed by atoms with E-state index >= 15 is 0 Å². The quantitative estimate of drug-likeness (QED) is 0.807. The summed E-state index contributed by atoms with van der Waals surface area (Å²) in [5, 5.41) is 3.72. The van der Waals surface area contributed by atoms with Crippen molar-refractivity contribution in [1.82, 2.24) is 15.1 Å². The van der Waals surface area contributed by atoms with E-state index in [1.54, 1.807) is 0 Å². The predicted octanol–water partition coefficient (Wildman–Crippen LogP) is 2.57. The Bertz CT molecular complexity index is 281. The molecule has 0 radical (unpaired) electrons. The molecule has 0 bridgehead atoms. The van der Waals surface area contributed by atoms with Crippen LogP contribution in [0.2, 0.25) is 0 Å². The van der Waals surface area contributed by atoms with E-state index in [-0.39, 0.29) is 0 Å². The molecule has 118 valence electrons. The van der Waals surface area contributed by atoms with Crippen LogP contribution in [0.4, 0.5) is 0 Å². The van der Waals surface area contributed by atoms with Crippen molar-refractivity contribution in [3.8, 4) is 0 Å². The monoisotopic (exact) mass is 281 g/mol. The lowest BCUT2D eigenvalue weighted by atomic mass is 9.94. The summed E-state index contributed by atoms with van der Waals surface area (Å²) < 4.78 is 0. The van der Waals surface area contributed by atoms with E-state index in [0.29, 0.717) is 6.04 Å². The van der Waals surface area contributed by atoms with Gasteiger partial charge in [-0.15, -0.1) is 0 Å². The van der Waals surface area contributed by atoms with Crippen LogP contribution >= 0.6 is 0 Å². The van der Waals surface area contributed by atoms with E-state index in [2.05, 4.69) is 42.8 Å². The van der Waals surface area contributed by atoms with Crippen LogP contribution in [0.5, 0.6) is 0 Å². The molecule has 2 fully saturated rings. The summed E-state index contributed by atoms with van der Waals surface area (Å²) in [6.45, 7) is 15.6. The van der Waals surface area contributed by atoms with Crippen LogP contribution in [0.1, 0.15) is 53.4 Å². The second-order valence-electron chi connectivity index (χ2n) is 7.00. The van der Waals surface area contributed by atoms with Crippen molar-refractivity contribution in [3.63, 3.8) is 0 Å². The maximum atomic E-state index is 3.72. The number of fused-ring (bicyclic) bond motifs is 1. The molecule has 20 heavy (non-hydrogen) atoms. The Balaban J connectivity index is 1.92. The fourth-order valence-electron chi connectivity index (χ4n) is 3.91. The number of likely N-dealkylation sites (N-methyl/N-ethyl adjacent to an activating group) is 1. The van der Waals surface area contributed by atoms with Gasteiger partial charge in [-0.2, -0.15) is 0 Å². The molecule has 3 heteroatoms. The molecule has 3 nitrogen and oxygen atoms in total. The third kappa shape index (κ3) is 3.96. The molecule has 0 aliphatic carbocycles. The maximum Gasteiger partial charge on any atom is 0.0223 e. The van der Waals surface area contributed by atoms with Gasteiger partial charge < -0.3 is 5.32 Å². The molecule has 4 atom stereocenters. The lowest BCUT2D eigenvalue weighted by molar-refractivity contribution is 0.00779. The minimum atomic E-state index is 0.655. The third-order valence-corrected chi connectivity index (χ3v) is 5.54. The zero-order valence-corrected chi connectivity index (χ0v) is 14.1. The Hall–Kier alpha value is -0.120. The number of piperidine rings is 1. The van der Waals surface area contributed by atoms with Crippen LogP contribution in [-0.2, 0) is 0 Å². The second kappa shape index (κ2) is 7.77. The summed E-state index contributed by atoms with van der Waals surface area (Å²) in [6, 6.07) is 2.20. The minimum Gasteiger partial charge on any atom is -0.313 e. The number of hydrogen-bond acceptors (Lipinski definition) is 3. The van der Waals surface area contributed by atoms with Gasteiger partial charge in [-0.05, 0) is 38.8 Å². The minimum absolute atomic E-state index is 0.655. The first-order valence-corrected chi connectivity index (χ1v) is 8.87. The molecule has 2 heterocycles. The molecular weight excluding hydrogens is 246 g/mol. The van der Waals surface area contributed by atoms with Gasteiger partial charge in [0.25, 0.3) is 0 Å². The van der Waals surface area contributed by atoms with Crippen molar-refractivity contribution in [1.29, 1.82) is 0 Å². The molecule has 0 saturated carbocycles. The van der Waals surface area contributed by atoms with E-state index in [9.17, 15) is 0 Å². The smallest absolute Gasteiger partial charge is 0.0223 e. The molecule has 0 aromatic heterocycles. The van der Waals surface area contributed by atoms with Crippen LogP contribution < -0.4 is 5.32 Å². The average molecular weight is 281 g/mol. The van der Waals surface area contributed by atoms with Crippen LogP contribution in [-0.4, -0.2) is 60.6 Å². The van der Waals surface area contributed by atoms with Crippen LogP contribution in [0.3, 0.4) is 0 Å². The molecule has 0 aromatic carbocycles. The van der Waals surface area contributed by atoms with Gasteiger partial charge in [0.1, 0.15) is 0 Å². The lowest BCUT2D eigenvalue weighted by Crippen LogP contribution is -2.61. The van der Waals surface area contributed by atoms with Gasteiger partial charge in [0, 0.05) is 37.8 Å². The van der Waals surface area contributed by atoms with Crippen molar-refractivity contribution in [2.45, 2.75) is 71.5 Å². The van der Waals surface area contributed by atoms with Crippen molar-refractivity contribution in [2.24, 2.45) is 5.92 Å². The Morgan fingerprint density at radius 1 is 1.20 bits per heavy atom. The Morgan fingerprint density at radius 2 is 2.00 bits per heavy atom. The zero-order valence-electron chi connectivity index (χ0n) is 14.1. The molecule has 2 aliphatic heterocycles. The standard InChI is InChI=1S/C17H35N3/c1-5-14(3)17(18-6-2)13-20-12-16-9-7-8-10-19(16)11-15(20)4/h14-18H,5-13H2,1-4H3. The van der Waals surface area contributed by atoms with Crippen molar-refractivity contribution in [3.05, 3.63) is 0 Å². The molecule has 2 saturated heterocycles. The largest absolute Gasteiger partial charge is 0.313 e. The number of hydrogen-bond donors (Lipinski definition) is 1. The zero-order chi connectivity index (χ0) is 14.5. The van der Waals surface area contributed by atoms with Gasteiger partial charge in [0.2, 0.25) is 0 Å². The van der Waals surface area contributed by atoms with Crippen LogP contribution in [0, 0.1) is 5.92 Å². The Morgan fingerprint density at radius 3 is 2.70 bits per heavy atom. The highest BCUT2D eigenvalue weighted by Crippen LogP contribution is 2.24. The molecule has 2 aliphatic rings. The van der Waals surface area contributed by atoms with E-state index in [1.165, 1.54) is 51.9 Å². The van der Waals surface area contributed by atoms with E-state index in [4.69, 9.17) is 0 Å². The molecule has 2 rings (SSSR count). The molecule has 0 amide bonds. The van der Waals surface area contributed by atoms with Gasteiger partial charge in [0.05, 0.1) is 0 Å². The summed E-state index contributed by atoms with van der Waals surface area (Å²) in [7, 11) is 0. The van der Waals surface area contributed by atoms with E-state index in [1.807, 2.05) is 0 Å². The van der Waals surface area contributed by atoms with Gasteiger partial charge >= 0.3 is 0 Å². The lowest BCUT2D eigenvalue weighted by Gasteiger charge is -2.48. The Labute approximate surface area is 126 Å². The second-order valence-corrected chi connectivity index (χ2v) is 7.00. The van der Waals surface area contributed by atoms with Gasteiger partial charge in [-0.25, -0.2) is 0 Å². The highest BCUT2D eigenvalue weighted by atomic mass is 15.3. The topological polar surface area (TPSA) is 18.5 Å². The highest BCUT2D eigenvalue weighted by Gasteiger charge is 2.34. The maximum absolute atomic E-state index is 3.72. The third-order valence-electron chi connectivity index (χ3n) is 5.54. The predicted molar refractivity (Wildman–Crippen MR) is 87.2 cm³/mol. The fraction of sp³-hybridized carbons (Fsp3) is 1.00. The Kier molecular flexibility index (Phi) is 6.31. The summed E-state index contributed by atoms with van der Waals surface area (Å²) in [5.74, 6) is 0.770. The first-order chi connectivity index (χ1) is 9.65. The molecule has 1 N–H and O–H groups in total. The van der Waals surface area contributed by atoms with Crippen LogP contribution in [0.25, 0.3) is 0 Å². The van der Waals surface area contributed by atoms with E-state index in [0.717, 1.165) is 24.5 Å². The highest BCUT2D eigenvalue weighted by molar-refractivity contribution is 4.91. The first kappa shape index (κ1) is 16.3. The summed E-state index contributed by atoms with van der Waals surface area (Å²) in [5.41, 5.74) is 0. The summed E-state index contributed by atoms with van der Waals surface area (Å²) >= 11 is 0. The van der Waals surface area contributed by atoms with Crippen molar-refractivity contribution < 1.29 is 0 Å². The summed E-state index contributed by atoms with van der Waals surface area (Å²) in [6.07, 6.45) is 5.54. The molecule has 0 spiro atoms. The van der Waals surface area contributed by atoms with Crippen molar-refractivity contribution >= 4 is 0 Å². The number of nitrogens with one attached hydrogen (secondary N) is 1. The molecular formula is C17H35N3. The molecule has 0 aromatic rings. The van der Waals surface area contributed by atoms with Gasteiger partial charge in [-0.3, -0.25) is 9.80 Å². The summed E-state index contributed by atoms with van der Waals surface area (Å²) in [4.78, 5) is 5.50. The number of rotatable bonds is 6. The molecule has 4 unspecified atom stereocenters. The first-order valence-electron chi connectivity index (χ1n) is 8.87. The van der Waals surface area contributed by atoms with Crippen LogP contribution in [0.15, 0.2) is 0 Å². The number of nitrogens with zero attached hydrogens (tertiary/aromatic N) is 2. The fourth-order valence-corrected chi connectivity index (χ4v) is 3.91. The van der Waals surface area contributed by atoms with Gasteiger partial charge in [-0.1, -0.05) is 33.6 Å². The van der Waals surface area contributed by atoms with E-state index < -0.39 is 0 Å². The van der Waals surface area contributed by atoms with Gasteiger partial charge in [0.15, 0.2) is 0 Å².